The SMILES string of the molecule is CCCc1cc(C(=O)O)ccc1OC(C(=O)NS(=O)(=O)c1ccc(CC(C)C)s1)c1cccc2c1OCO2. The van der Waals surface area contributed by atoms with Gasteiger partial charge in [0.15, 0.2) is 11.5 Å². The number of carboxylic acids is 1. The first-order valence-electron chi connectivity index (χ1n) is 12.2. The smallest absolute Gasteiger partial charge is 0.335 e. The lowest BCUT2D eigenvalue weighted by Gasteiger charge is -2.22. The fraction of sp³-hybridized carbons (Fsp3) is 0.333. The van der Waals surface area contributed by atoms with Gasteiger partial charge in [0.25, 0.3) is 15.9 Å². The van der Waals surface area contributed by atoms with Crippen molar-refractivity contribution < 1.29 is 37.3 Å². The van der Waals surface area contributed by atoms with Crippen molar-refractivity contribution in [3.8, 4) is 17.2 Å². The molecule has 1 unspecified atom stereocenters. The van der Waals surface area contributed by atoms with Crippen molar-refractivity contribution in [3.05, 3.63) is 70.1 Å². The third-order valence-electron chi connectivity index (χ3n) is 5.77. The van der Waals surface area contributed by atoms with Gasteiger partial charge in [0.05, 0.1) is 5.56 Å². The molecule has 0 fully saturated rings. The second-order valence-electron chi connectivity index (χ2n) is 9.25. The highest BCUT2D eigenvalue weighted by Crippen LogP contribution is 2.41. The summed E-state index contributed by atoms with van der Waals surface area (Å²) < 4.78 is 45.6. The molecule has 2 aromatic carbocycles. The summed E-state index contributed by atoms with van der Waals surface area (Å²) in [6.45, 7) is 5.95. The topological polar surface area (TPSA) is 128 Å². The van der Waals surface area contributed by atoms with Gasteiger partial charge in [-0.25, -0.2) is 17.9 Å². The number of carboxylic acid groups (broad SMARTS) is 1. The van der Waals surface area contributed by atoms with Crippen LogP contribution in [0.2, 0.25) is 0 Å². The summed E-state index contributed by atoms with van der Waals surface area (Å²) in [5, 5.41) is 9.41. The number of rotatable bonds is 11. The average Bonchev–Trinajstić information content (AvgIpc) is 3.52. The Kier molecular flexibility index (Phi) is 8.27. The normalized spacial score (nSPS) is 13.4. The summed E-state index contributed by atoms with van der Waals surface area (Å²) in [4.78, 5) is 26.0. The predicted molar refractivity (Wildman–Crippen MR) is 142 cm³/mol. The second kappa shape index (κ2) is 11.4. The van der Waals surface area contributed by atoms with Gasteiger partial charge < -0.3 is 19.3 Å². The fourth-order valence-corrected chi connectivity index (χ4v) is 6.64. The van der Waals surface area contributed by atoms with Crippen molar-refractivity contribution in [1.82, 2.24) is 4.72 Å². The minimum atomic E-state index is -4.18. The summed E-state index contributed by atoms with van der Waals surface area (Å²) in [6, 6.07) is 12.5. The van der Waals surface area contributed by atoms with Crippen molar-refractivity contribution in [3.63, 3.8) is 0 Å². The lowest BCUT2D eigenvalue weighted by atomic mass is 10.0. The molecule has 1 atom stereocenters. The first-order chi connectivity index (χ1) is 18.1. The summed E-state index contributed by atoms with van der Waals surface area (Å²) in [6.07, 6.45) is 0.478. The maximum Gasteiger partial charge on any atom is 0.335 e. The predicted octanol–water partition coefficient (Wildman–Crippen LogP) is 4.95. The molecule has 0 saturated heterocycles. The van der Waals surface area contributed by atoms with E-state index in [9.17, 15) is 23.1 Å². The van der Waals surface area contributed by atoms with E-state index in [4.69, 9.17) is 14.2 Å². The van der Waals surface area contributed by atoms with E-state index in [1.165, 1.54) is 24.3 Å². The largest absolute Gasteiger partial charge is 0.478 e. The standard InChI is InChI=1S/C27H29NO8S2/c1-4-6-17-14-18(27(30)31)9-11-21(17)36-25(20-7-5-8-22-24(20)35-15-34-22)26(29)28-38(32,33)23-12-10-19(37-23)13-16(2)3/h5,7-12,14,16,25H,4,6,13,15H2,1-3H3,(H,28,29)(H,30,31). The maximum absolute atomic E-state index is 13.6. The zero-order chi connectivity index (χ0) is 27.4. The highest BCUT2D eigenvalue weighted by atomic mass is 32.2. The zero-order valence-corrected chi connectivity index (χ0v) is 22.9. The Morgan fingerprint density at radius 1 is 1.13 bits per heavy atom. The van der Waals surface area contributed by atoms with E-state index < -0.39 is 28.0 Å². The molecule has 2 heterocycles. The molecular weight excluding hydrogens is 530 g/mol. The summed E-state index contributed by atoms with van der Waals surface area (Å²) in [5.74, 6) is -0.714. The van der Waals surface area contributed by atoms with Gasteiger partial charge in [0.1, 0.15) is 9.96 Å². The van der Waals surface area contributed by atoms with Crippen LogP contribution in [0.3, 0.4) is 0 Å². The lowest BCUT2D eigenvalue weighted by Crippen LogP contribution is -2.36. The number of amides is 1. The number of ether oxygens (including phenoxy) is 3. The Morgan fingerprint density at radius 3 is 2.63 bits per heavy atom. The Bertz CT molecular complexity index is 1450. The van der Waals surface area contributed by atoms with Crippen molar-refractivity contribution in [2.75, 3.05) is 6.79 Å². The highest BCUT2D eigenvalue weighted by molar-refractivity contribution is 7.92. The van der Waals surface area contributed by atoms with Gasteiger partial charge in [0, 0.05) is 10.4 Å². The van der Waals surface area contributed by atoms with Crippen LogP contribution in [-0.4, -0.2) is 32.2 Å². The molecule has 4 rings (SSSR count). The van der Waals surface area contributed by atoms with Gasteiger partial charge in [-0.05, 0) is 60.7 Å². The maximum atomic E-state index is 13.6. The number of hydrogen-bond donors (Lipinski definition) is 2. The molecule has 38 heavy (non-hydrogen) atoms. The molecule has 1 amide bonds. The number of aromatic carboxylic acids is 1. The number of thiophene rings is 1. The number of nitrogens with one attached hydrogen (secondary N) is 1. The van der Waals surface area contributed by atoms with Gasteiger partial charge in [-0.1, -0.05) is 39.3 Å². The van der Waals surface area contributed by atoms with Crippen molar-refractivity contribution in [2.45, 2.75) is 50.3 Å². The van der Waals surface area contributed by atoms with Crippen LogP contribution in [0.15, 0.2) is 52.7 Å². The van der Waals surface area contributed by atoms with Crippen LogP contribution in [0.25, 0.3) is 0 Å². The number of fused-ring (bicyclic) bond motifs is 1. The third kappa shape index (κ3) is 6.11. The molecule has 1 aliphatic heterocycles. The van der Waals surface area contributed by atoms with Crippen LogP contribution in [-0.2, 0) is 27.7 Å². The third-order valence-corrected chi connectivity index (χ3v) is 8.71. The molecule has 0 spiro atoms. The molecule has 0 radical (unpaired) electrons. The Hall–Kier alpha value is -3.57. The van der Waals surface area contributed by atoms with E-state index in [1.54, 1.807) is 24.3 Å². The van der Waals surface area contributed by atoms with E-state index in [1.807, 2.05) is 20.8 Å². The highest BCUT2D eigenvalue weighted by Gasteiger charge is 2.34. The van der Waals surface area contributed by atoms with Crippen LogP contribution in [0.1, 0.15) is 59.7 Å². The van der Waals surface area contributed by atoms with Crippen LogP contribution in [0.4, 0.5) is 0 Å². The van der Waals surface area contributed by atoms with Gasteiger partial charge in [-0.2, -0.15) is 0 Å². The Morgan fingerprint density at radius 2 is 1.92 bits per heavy atom. The van der Waals surface area contributed by atoms with Crippen molar-refractivity contribution >= 4 is 33.2 Å². The van der Waals surface area contributed by atoms with Gasteiger partial charge in [0.2, 0.25) is 12.9 Å². The average molecular weight is 560 g/mol. The van der Waals surface area contributed by atoms with Crippen LogP contribution in [0.5, 0.6) is 17.2 Å². The number of para-hydroxylation sites is 1. The Balaban J connectivity index is 1.70. The number of hydrogen-bond acceptors (Lipinski definition) is 8. The first-order valence-corrected chi connectivity index (χ1v) is 14.5. The van der Waals surface area contributed by atoms with E-state index in [0.717, 1.165) is 22.6 Å². The van der Waals surface area contributed by atoms with E-state index in [-0.39, 0.29) is 33.6 Å². The van der Waals surface area contributed by atoms with E-state index >= 15 is 0 Å². The molecule has 202 valence electrons. The molecule has 2 N–H and O–H groups in total. The zero-order valence-electron chi connectivity index (χ0n) is 21.2. The number of aryl methyl sites for hydroxylation is 1. The van der Waals surface area contributed by atoms with Gasteiger partial charge in [-0.15, -0.1) is 11.3 Å². The minimum absolute atomic E-state index is 0.0237. The van der Waals surface area contributed by atoms with Gasteiger partial charge >= 0.3 is 5.97 Å². The number of carbonyl (C=O) groups is 2. The van der Waals surface area contributed by atoms with Crippen LogP contribution < -0.4 is 18.9 Å². The first kappa shape index (κ1) is 27.5. The minimum Gasteiger partial charge on any atom is -0.478 e. The fourth-order valence-electron chi connectivity index (χ4n) is 4.09. The number of benzene rings is 2. The van der Waals surface area contributed by atoms with Crippen LogP contribution >= 0.6 is 11.3 Å². The summed E-state index contributed by atoms with van der Waals surface area (Å²) in [5.41, 5.74) is 0.940. The van der Waals surface area contributed by atoms with E-state index in [2.05, 4.69) is 4.72 Å². The molecule has 9 nitrogen and oxygen atoms in total. The van der Waals surface area contributed by atoms with Crippen molar-refractivity contribution in [1.29, 1.82) is 0 Å². The summed E-state index contributed by atoms with van der Waals surface area (Å²) >= 11 is 1.11. The second-order valence-corrected chi connectivity index (χ2v) is 12.3. The van der Waals surface area contributed by atoms with E-state index in [0.29, 0.717) is 30.1 Å². The molecule has 1 aliphatic rings. The number of sulfonamides is 1. The van der Waals surface area contributed by atoms with Crippen LogP contribution in [0, 0.1) is 5.92 Å². The monoisotopic (exact) mass is 559 g/mol. The lowest BCUT2D eigenvalue weighted by molar-refractivity contribution is -0.126. The molecule has 0 bridgehead atoms. The summed E-state index contributed by atoms with van der Waals surface area (Å²) in [7, 11) is -4.18. The molecule has 0 aliphatic carbocycles. The Labute approximate surface area is 225 Å². The molecule has 3 aromatic rings. The van der Waals surface area contributed by atoms with Crippen molar-refractivity contribution in [2.24, 2.45) is 5.92 Å². The molecule has 1 aromatic heterocycles. The molecular formula is C27H29NO8S2. The molecule has 11 heteroatoms. The quantitative estimate of drug-likeness (QED) is 0.338. The number of carbonyl (C=O) groups excluding carboxylic acids is 1. The van der Waals surface area contributed by atoms with Gasteiger partial charge in [-0.3, -0.25) is 4.79 Å². The molecule has 0 saturated carbocycles.